The Hall–Kier alpha value is -1.10. The van der Waals surface area contributed by atoms with Crippen LogP contribution in [0.4, 0.5) is 5.13 Å². The van der Waals surface area contributed by atoms with Gasteiger partial charge >= 0.3 is 0 Å². The predicted octanol–water partition coefficient (Wildman–Crippen LogP) is 1.50. The van der Waals surface area contributed by atoms with E-state index >= 15 is 0 Å². The zero-order valence-corrected chi connectivity index (χ0v) is 8.06. The molecule has 70 valence electrons. The van der Waals surface area contributed by atoms with E-state index in [0.29, 0.717) is 10.2 Å². The number of carbonyl (C=O) groups excluding carboxylic acids is 1. The molecule has 0 radical (unpaired) electrons. The Morgan fingerprint density at radius 1 is 1.77 bits per heavy atom. The van der Waals surface area contributed by atoms with Crippen LogP contribution in [0, 0.1) is 5.92 Å². The van der Waals surface area contributed by atoms with Gasteiger partial charge in [0.1, 0.15) is 0 Å². The largest absolute Gasteiger partial charge is 0.486 e. The van der Waals surface area contributed by atoms with Crippen molar-refractivity contribution in [3.05, 3.63) is 6.20 Å². The summed E-state index contributed by atoms with van der Waals surface area (Å²) >= 11 is 1.34. The highest BCUT2D eigenvalue weighted by molar-refractivity contribution is 7.17. The number of amides is 1. The maximum Gasteiger partial charge on any atom is 0.229 e. The molecule has 0 aliphatic heterocycles. The average Bonchev–Trinajstić information content (AvgIpc) is 2.88. The summed E-state index contributed by atoms with van der Waals surface area (Å²) in [6.07, 6.45) is 3.62. The van der Waals surface area contributed by atoms with E-state index in [9.17, 15) is 4.79 Å². The lowest BCUT2D eigenvalue weighted by molar-refractivity contribution is -0.117. The number of anilines is 1. The van der Waals surface area contributed by atoms with Gasteiger partial charge < -0.3 is 10.1 Å². The summed E-state index contributed by atoms with van der Waals surface area (Å²) in [7, 11) is 1.58. The molecule has 1 N–H and O–H groups in total. The molecule has 1 amide bonds. The van der Waals surface area contributed by atoms with Crippen LogP contribution in [0.25, 0.3) is 0 Å². The minimum absolute atomic E-state index is 0.0806. The van der Waals surface area contributed by atoms with Crippen molar-refractivity contribution in [3.8, 4) is 5.06 Å². The van der Waals surface area contributed by atoms with Crippen LogP contribution >= 0.6 is 11.3 Å². The third-order valence-electron chi connectivity index (χ3n) is 1.86. The van der Waals surface area contributed by atoms with E-state index in [1.807, 2.05) is 0 Å². The van der Waals surface area contributed by atoms with Gasteiger partial charge in [-0.05, 0) is 12.8 Å². The first-order valence-electron chi connectivity index (χ1n) is 4.10. The van der Waals surface area contributed by atoms with Gasteiger partial charge in [0.05, 0.1) is 13.3 Å². The fourth-order valence-electron chi connectivity index (χ4n) is 0.964. The first-order valence-corrected chi connectivity index (χ1v) is 4.92. The molecule has 1 heterocycles. The zero-order valence-electron chi connectivity index (χ0n) is 7.24. The van der Waals surface area contributed by atoms with Gasteiger partial charge in [0.25, 0.3) is 0 Å². The normalized spacial score (nSPS) is 15.5. The number of hydrogen-bond acceptors (Lipinski definition) is 4. The van der Waals surface area contributed by atoms with Crippen LogP contribution in [0.2, 0.25) is 0 Å². The summed E-state index contributed by atoms with van der Waals surface area (Å²) in [4.78, 5) is 15.3. The molecule has 0 spiro atoms. The van der Waals surface area contributed by atoms with Crippen LogP contribution in [0.3, 0.4) is 0 Å². The van der Waals surface area contributed by atoms with E-state index in [-0.39, 0.29) is 11.8 Å². The van der Waals surface area contributed by atoms with E-state index in [1.165, 1.54) is 11.3 Å². The molecule has 0 aromatic carbocycles. The van der Waals surface area contributed by atoms with E-state index < -0.39 is 0 Å². The maximum absolute atomic E-state index is 11.3. The second-order valence-corrected chi connectivity index (χ2v) is 3.95. The minimum atomic E-state index is 0.0806. The zero-order chi connectivity index (χ0) is 9.26. The fourth-order valence-corrected chi connectivity index (χ4v) is 1.60. The lowest BCUT2D eigenvalue weighted by atomic mass is 10.4. The predicted molar refractivity (Wildman–Crippen MR) is 50.0 cm³/mol. The van der Waals surface area contributed by atoms with Crippen LogP contribution in [0.15, 0.2) is 6.20 Å². The summed E-state index contributed by atoms with van der Waals surface area (Å²) in [6, 6.07) is 0. The highest BCUT2D eigenvalue weighted by Crippen LogP contribution is 2.31. The summed E-state index contributed by atoms with van der Waals surface area (Å²) < 4.78 is 4.96. The molecule has 0 unspecified atom stereocenters. The quantitative estimate of drug-likeness (QED) is 0.800. The average molecular weight is 198 g/mol. The molecule has 13 heavy (non-hydrogen) atoms. The molecule has 1 aromatic rings. The van der Waals surface area contributed by atoms with Crippen molar-refractivity contribution in [1.29, 1.82) is 0 Å². The van der Waals surface area contributed by atoms with Gasteiger partial charge in [-0.2, -0.15) is 0 Å². The van der Waals surface area contributed by atoms with E-state index in [4.69, 9.17) is 4.74 Å². The number of nitrogens with zero attached hydrogens (tertiary/aromatic N) is 1. The second kappa shape index (κ2) is 3.33. The topological polar surface area (TPSA) is 51.2 Å². The Balaban J connectivity index is 1.96. The molecular weight excluding hydrogens is 188 g/mol. The Labute approximate surface area is 79.9 Å². The lowest BCUT2D eigenvalue weighted by Gasteiger charge is -1.96. The molecule has 1 aliphatic rings. The lowest BCUT2D eigenvalue weighted by Crippen LogP contribution is -2.12. The van der Waals surface area contributed by atoms with E-state index in [2.05, 4.69) is 10.3 Å². The van der Waals surface area contributed by atoms with Gasteiger partial charge in [-0.25, -0.2) is 4.98 Å². The van der Waals surface area contributed by atoms with Crippen molar-refractivity contribution >= 4 is 22.4 Å². The molecule has 1 aromatic heterocycles. The van der Waals surface area contributed by atoms with Crippen LogP contribution in [-0.4, -0.2) is 18.0 Å². The number of nitrogens with one attached hydrogen (secondary N) is 1. The van der Waals surface area contributed by atoms with Crippen LogP contribution in [0.1, 0.15) is 12.8 Å². The Kier molecular flexibility index (Phi) is 2.18. The summed E-state index contributed by atoms with van der Waals surface area (Å²) in [5.41, 5.74) is 0. The third-order valence-corrected chi connectivity index (χ3v) is 2.74. The van der Waals surface area contributed by atoms with Crippen molar-refractivity contribution in [1.82, 2.24) is 4.98 Å². The van der Waals surface area contributed by atoms with Gasteiger partial charge in [-0.15, -0.1) is 0 Å². The first-order chi connectivity index (χ1) is 6.29. The molecule has 2 rings (SSSR count). The number of aromatic nitrogens is 1. The molecule has 1 fully saturated rings. The number of methoxy groups -OCH3 is 1. The second-order valence-electron chi connectivity index (χ2n) is 2.95. The summed E-state index contributed by atoms with van der Waals surface area (Å²) in [5.74, 6) is 0.298. The van der Waals surface area contributed by atoms with Crippen molar-refractivity contribution in [2.75, 3.05) is 12.4 Å². The molecule has 0 atom stereocenters. The molecule has 1 saturated carbocycles. The summed E-state index contributed by atoms with van der Waals surface area (Å²) in [5, 5.41) is 4.08. The van der Waals surface area contributed by atoms with Gasteiger partial charge in [0.2, 0.25) is 5.91 Å². The molecule has 0 saturated heterocycles. The number of rotatable bonds is 3. The minimum Gasteiger partial charge on any atom is -0.486 e. The van der Waals surface area contributed by atoms with Crippen molar-refractivity contribution in [2.45, 2.75) is 12.8 Å². The maximum atomic E-state index is 11.3. The number of hydrogen-bond donors (Lipinski definition) is 1. The van der Waals surface area contributed by atoms with Gasteiger partial charge in [-0.3, -0.25) is 4.79 Å². The van der Waals surface area contributed by atoms with Crippen LogP contribution in [-0.2, 0) is 4.79 Å². The highest BCUT2D eigenvalue weighted by Gasteiger charge is 2.30. The van der Waals surface area contributed by atoms with Gasteiger partial charge in [-0.1, -0.05) is 11.3 Å². The van der Waals surface area contributed by atoms with Crippen LogP contribution in [0.5, 0.6) is 5.06 Å². The third kappa shape index (κ3) is 1.98. The molecule has 1 aliphatic carbocycles. The van der Waals surface area contributed by atoms with E-state index in [1.54, 1.807) is 13.3 Å². The van der Waals surface area contributed by atoms with Crippen molar-refractivity contribution < 1.29 is 9.53 Å². The molecule has 5 heteroatoms. The SMILES string of the molecule is COc1cnc(NC(=O)C2CC2)s1. The van der Waals surface area contributed by atoms with Crippen molar-refractivity contribution in [2.24, 2.45) is 5.92 Å². The molecule has 0 bridgehead atoms. The number of carbonyl (C=O) groups is 1. The summed E-state index contributed by atoms with van der Waals surface area (Å²) in [6.45, 7) is 0. The van der Waals surface area contributed by atoms with Gasteiger partial charge in [0.15, 0.2) is 10.2 Å². The number of thiazole rings is 1. The highest BCUT2D eigenvalue weighted by atomic mass is 32.1. The van der Waals surface area contributed by atoms with E-state index in [0.717, 1.165) is 12.8 Å². The van der Waals surface area contributed by atoms with Gasteiger partial charge in [0, 0.05) is 5.92 Å². The molecule has 4 nitrogen and oxygen atoms in total. The molecular formula is C8H10N2O2S. The van der Waals surface area contributed by atoms with Crippen molar-refractivity contribution in [3.63, 3.8) is 0 Å². The standard InChI is InChI=1S/C8H10N2O2S/c1-12-6-4-9-8(13-6)10-7(11)5-2-3-5/h4-5H,2-3H2,1H3,(H,9,10,11). The van der Waals surface area contributed by atoms with Crippen LogP contribution < -0.4 is 10.1 Å². The smallest absolute Gasteiger partial charge is 0.229 e. The Bertz CT molecular complexity index is 320. The Morgan fingerprint density at radius 3 is 3.08 bits per heavy atom. The first kappa shape index (κ1) is 8.50. The fraction of sp³-hybridized carbons (Fsp3) is 0.500. The Morgan fingerprint density at radius 2 is 2.54 bits per heavy atom. The number of ether oxygens (including phenoxy) is 1. The monoisotopic (exact) mass is 198 g/mol.